The normalized spacial score (nSPS) is 17.1. The maximum Gasteiger partial charge on any atom is 0.220 e. The van der Waals surface area contributed by atoms with E-state index in [1.54, 1.807) is 37.4 Å². The van der Waals surface area contributed by atoms with Gasteiger partial charge in [-0.05, 0) is 56.0 Å². The van der Waals surface area contributed by atoms with Crippen molar-refractivity contribution in [1.82, 2.24) is 10.2 Å². The van der Waals surface area contributed by atoms with E-state index in [1.165, 1.54) is 6.07 Å². The number of rotatable bonds is 8. The fourth-order valence-corrected chi connectivity index (χ4v) is 3.85. The first kappa shape index (κ1) is 21.1. The zero-order valence-corrected chi connectivity index (χ0v) is 16.9. The number of phenolic OH excluding ortho intramolecular Hbond substituents is 1. The number of nitrogens with zero attached hydrogens (tertiary/aromatic N) is 1. The summed E-state index contributed by atoms with van der Waals surface area (Å²) in [6.07, 6.45) is 3.43. The highest BCUT2D eigenvalue weighted by atomic mass is 19.1. The van der Waals surface area contributed by atoms with E-state index in [2.05, 4.69) is 10.2 Å². The highest BCUT2D eigenvalue weighted by Gasteiger charge is 2.21. The van der Waals surface area contributed by atoms with Crippen molar-refractivity contribution in [1.29, 1.82) is 0 Å². The third kappa shape index (κ3) is 6.19. The number of carbonyl (C=O) groups is 1. The van der Waals surface area contributed by atoms with Gasteiger partial charge in [-0.25, -0.2) is 4.39 Å². The Kier molecular flexibility index (Phi) is 7.47. The van der Waals surface area contributed by atoms with Crippen LogP contribution in [0.1, 0.15) is 36.8 Å². The smallest absolute Gasteiger partial charge is 0.220 e. The quantitative estimate of drug-likeness (QED) is 0.707. The Morgan fingerprint density at radius 3 is 2.90 bits per heavy atom. The van der Waals surface area contributed by atoms with Crippen LogP contribution in [-0.2, 0) is 17.9 Å². The number of ether oxygens (including phenoxy) is 1. The summed E-state index contributed by atoms with van der Waals surface area (Å²) >= 11 is 0. The summed E-state index contributed by atoms with van der Waals surface area (Å²) < 4.78 is 18.9. The number of hydrogen-bond donors (Lipinski definition) is 2. The third-order valence-electron chi connectivity index (χ3n) is 5.50. The second-order valence-corrected chi connectivity index (χ2v) is 7.64. The lowest BCUT2D eigenvalue weighted by Crippen LogP contribution is -2.35. The van der Waals surface area contributed by atoms with Gasteiger partial charge in [0.05, 0.1) is 7.11 Å². The molecule has 2 aromatic carbocycles. The largest absolute Gasteiger partial charge is 0.508 e. The molecule has 1 aliphatic rings. The van der Waals surface area contributed by atoms with Crippen LogP contribution in [0.5, 0.6) is 11.5 Å². The minimum absolute atomic E-state index is 0.0455. The topological polar surface area (TPSA) is 61.8 Å². The zero-order valence-electron chi connectivity index (χ0n) is 16.9. The molecule has 0 unspecified atom stereocenters. The van der Waals surface area contributed by atoms with E-state index in [9.17, 15) is 14.3 Å². The van der Waals surface area contributed by atoms with E-state index in [4.69, 9.17) is 4.74 Å². The highest BCUT2D eigenvalue weighted by Crippen LogP contribution is 2.27. The van der Waals surface area contributed by atoms with Gasteiger partial charge >= 0.3 is 0 Å². The average Bonchev–Trinajstić information content (AvgIpc) is 2.73. The Morgan fingerprint density at radius 2 is 2.10 bits per heavy atom. The number of likely N-dealkylation sites (tertiary alicyclic amines) is 1. The van der Waals surface area contributed by atoms with Gasteiger partial charge in [0.25, 0.3) is 0 Å². The Balaban J connectivity index is 1.45. The number of nitrogens with one attached hydrogen (secondary N) is 1. The van der Waals surface area contributed by atoms with E-state index in [0.29, 0.717) is 24.4 Å². The molecule has 29 heavy (non-hydrogen) atoms. The molecule has 5 nitrogen and oxygen atoms in total. The molecule has 1 atom stereocenters. The van der Waals surface area contributed by atoms with E-state index in [0.717, 1.165) is 43.7 Å². The lowest BCUT2D eigenvalue weighted by molar-refractivity contribution is -0.121. The Hall–Kier alpha value is -2.60. The van der Waals surface area contributed by atoms with Gasteiger partial charge in [0.1, 0.15) is 17.3 Å². The van der Waals surface area contributed by atoms with Crippen LogP contribution in [0.2, 0.25) is 0 Å². The van der Waals surface area contributed by atoms with Crippen LogP contribution in [0, 0.1) is 11.7 Å². The van der Waals surface area contributed by atoms with Crippen LogP contribution in [-0.4, -0.2) is 36.1 Å². The van der Waals surface area contributed by atoms with Gasteiger partial charge in [-0.3, -0.25) is 9.69 Å². The molecule has 6 heteroatoms. The van der Waals surface area contributed by atoms with Gasteiger partial charge < -0.3 is 15.2 Å². The van der Waals surface area contributed by atoms with Crippen LogP contribution >= 0.6 is 0 Å². The van der Waals surface area contributed by atoms with E-state index >= 15 is 0 Å². The number of halogens is 1. The zero-order chi connectivity index (χ0) is 20.6. The summed E-state index contributed by atoms with van der Waals surface area (Å²) in [6, 6.07) is 11.8. The molecule has 0 bridgehead atoms. The van der Waals surface area contributed by atoms with Gasteiger partial charge in [-0.2, -0.15) is 0 Å². The molecule has 3 rings (SSSR count). The van der Waals surface area contributed by atoms with Crippen LogP contribution in [0.3, 0.4) is 0 Å². The average molecular weight is 400 g/mol. The maximum atomic E-state index is 13.6. The summed E-state index contributed by atoms with van der Waals surface area (Å²) in [5.74, 6) is 1.11. The lowest BCUT2D eigenvalue weighted by atomic mass is 9.93. The van der Waals surface area contributed by atoms with E-state index < -0.39 is 0 Å². The SMILES string of the molecule is COc1ccc(O)c(CN2CCC[C@@H](CCC(=O)NCc3ccccc3F)C2)c1. The van der Waals surface area contributed by atoms with Gasteiger partial charge in [-0.15, -0.1) is 0 Å². The molecule has 2 aromatic rings. The number of piperidine rings is 1. The van der Waals surface area contributed by atoms with Crippen molar-refractivity contribution in [3.8, 4) is 11.5 Å². The summed E-state index contributed by atoms with van der Waals surface area (Å²) in [6.45, 7) is 2.76. The van der Waals surface area contributed by atoms with Crippen molar-refractivity contribution >= 4 is 5.91 Å². The number of phenols is 1. The van der Waals surface area contributed by atoms with Crippen molar-refractivity contribution in [2.45, 2.75) is 38.8 Å². The number of hydrogen-bond acceptors (Lipinski definition) is 4. The molecular weight excluding hydrogens is 371 g/mol. The summed E-state index contributed by atoms with van der Waals surface area (Å²) in [5, 5.41) is 12.9. The molecule has 0 radical (unpaired) electrons. The Bertz CT molecular complexity index is 828. The molecule has 2 N–H and O–H groups in total. The van der Waals surface area contributed by atoms with Crippen LogP contribution in [0.25, 0.3) is 0 Å². The van der Waals surface area contributed by atoms with Gasteiger partial charge in [-0.1, -0.05) is 18.2 Å². The number of amides is 1. The molecule has 0 aromatic heterocycles. The first-order valence-electron chi connectivity index (χ1n) is 10.1. The Morgan fingerprint density at radius 1 is 1.28 bits per heavy atom. The number of methoxy groups -OCH3 is 1. The minimum atomic E-state index is -0.295. The van der Waals surface area contributed by atoms with Gasteiger partial charge in [0.15, 0.2) is 0 Å². The van der Waals surface area contributed by atoms with E-state index in [-0.39, 0.29) is 24.0 Å². The molecule has 1 aliphatic heterocycles. The first-order valence-corrected chi connectivity index (χ1v) is 10.1. The molecule has 1 saturated heterocycles. The fourth-order valence-electron chi connectivity index (χ4n) is 3.85. The molecular formula is C23H29FN2O3. The van der Waals surface area contributed by atoms with Crippen molar-refractivity contribution in [3.63, 3.8) is 0 Å². The minimum Gasteiger partial charge on any atom is -0.508 e. The van der Waals surface area contributed by atoms with Gasteiger partial charge in [0, 0.05) is 37.2 Å². The second kappa shape index (κ2) is 10.3. The highest BCUT2D eigenvalue weighted by molar-refractivity contribution is 5.75. The van der Waals surface area contributed by atoms with Crippen molar-refractivity contribution in [2.24, 2.45) is 5.92 Å². The first-order chi connectivity index (χ1) is 14.0. The predicted molar refractivity (Wildman–Crippen MR) is 110 cm³/mol. The molecule has 0 aliphatic carbocycles. The standard InChI is InChI=1S/C23H29FN2O3/c1-29-20-9-10-22(27)19(13-20)16-26-12-4-5-17(15-26)8-11-23(28)25-14-18-6-2-3-7-21(18)24/h2-3,6-7,9-10,13,17,27H,4-5,8,11-12,14-16H2,1H3,(H,25,28)/t17-/m0/s1. The molecule has 0 spiro atoms. The van der Waals surface area contributed by atoms with Crippen molar-refractivity contribution in [2.75, 3.05) is 20.2 Å². The maximum absolute atomic E-state index is 13.6. The molecule has 1 fully saturated rings. The van der Waals surface area contributed by atoms with Crippen molar-refractivity contribution < 1.29 is 19.0 Å². The van der Waals surface area contributed by atoms with Crippen LogP contribution in [0.15, 0.2) is 42.5 Å². The third-order valence-corrected chi connectivity index (χ3v) is 5.50. The Labute approximate surface area is 171 Å². The predicted octanol–water partition coefficient (Wildman–Crippen LogP) is 3.85. The lowest BCUT2D eigenvalue weighted by Gasteiger charge is -2.33. The van der Waals surface area contributed by atoms with Crippen LogP contribution in [0.4, 0.5) is 4.39 Å². The summed E-state index contributed by atoms with van der Waals surface area (Å²) in [7, 11) is 1.62. The summed E-state index contributed by atoms with van der Waals surface area (Å²) in [5.41, 5.74) is 1.36. The van der Waals surface area contributed by atoms with Crippen molar-refractivity contribution in [3.05, 3.63) is 59.4 Å². The van der Waals surface area contributed by atoms with Crippen LogP contribution < -0.4 is 10.1 Å². The summed E-state index contributed by atoms with van der Waals surface area (Å²) in [4.78, 5) is 14.5. The fraction of sp³-hybridized carbons (Fsp3) is 0.435. The number of aromatic hydroxyl groups is 1. The number of carbonyl (C=O) groups excluding carboxylic acids is 1. The number of benzene rings is 2. The molecule has 156 valence electrons. The molecule has 0 saturated carbocycles. The van der Waals surface area contributed by atoms with E-state index in [1.807, 2.05) is 6.07 Å². The monoisotopic (exact) mass is 400 g/mol. The molecule has 1 amide bonds. The molecule has 1 heterocycles. The van der Waals surface area contributed by atoms with Gasteiger partial charge in [0.2, 0.25) is 5.91 Å². The second-order valence-electron chi connectivity index (χ2n) is 7.64.